The van der Waals surface area contributed by atoms with Gasteiger partial charge in [0.15, 0.2) is 0 Å². The molecule has 0 saturated carbocycles. The van der Waals surface area contributed by atoms with E-state index in [1.54, 1.807) is 0 Å². The van der Waals surface area contributed by atoms with Gasteiger partial charge in [0.05, 0.1) is 6.04 Å². The van der Waals surface area contributed by atoms with Crippen LogP contribution in [0.2, 0.25) is 0 Å². The van der Waals surface area contributed by atoms with Crippen molar-refractivity contribution < 1.29 is 0 Å². The van der Waals surface area contributed by atoms with E-state index in [1.165, 1.54) is 28.1 Å². The minimum absolute atomic E-state index is 0.351. The van der Waals surface area contributed by atoms with Gasteiger partial charge in [0.2, 0.25) is 0 Å². The summed E-state index contributed by atoms with van der Waals surface area (Å²) in [5.74, 6) is 0.542. The zero-order valence-corrected chi connectivity index (χ0v) is 14.0. The number of rotatable bonds is 3. The van der Waals surface area contributed by atoms with Gasteiger partial charge in [-0.1, -0.05) is 49.2 Å². The lowest BCUT2D eigenvalue weighted by Gasteiger charge is -2.39. The molecule has 0 aromatic heterocycles. The molecule has 3 atom stereocenters. The maximum atomic E-state index is 3.77. The van der Waals surface area contributed by atoms with Gasteiger partial charge < -0.3 is 10.6 Å². The molecule has 3 rings (SSSR count). The highest BCUT2D eigenvalue weighted by atomic mass is 15.0. The third-order valence-corrected chi connectivity index (χ3v) is 4.86. The van der Waals surface area contributed by atoms with Crippen LogP contribution in [-0.2, 0) is 0 Å². The predicted octanol–water partition coefficient (Wildman–Crippen LogP) is 5.30. The van der Waals surface area contributed by atoms with Crippen molar-refractivity contribution in [2.24, 2.45) is 5.92 Å². The van der Waals surface area contributed by atoms with Crippen LogP contribution in [0.3, 0.4) is 0 Å². The summed E-state index contributed by atoms with van der Waals surface area (Å²) >= 11 is 0. The van der Waals surface area contributed by atoms with Gasteiger partial charge in [0.25, 0.3) is 0 Å². The summed E-state index contributed by atoms with van der Waals surface area (Å²) in [7, 11) is 0. The second kappa shape index (κ2) is 6.04. The Labute approximate surface area is 134 Å². The number of aryl methyl sites for hydroxylation is 2. The van der Waals surface area contributed by atoms with E-state index in [1.807, 2.05) is 0 Å². The molecule has 2 aromatic rings. The van der Waals surface area contributed by atoms with Crippen LogP contribution in [0.1, 0.15) is 43.0 Å². The molecule has 2 heteroatoms. The van der Waals surface area contributed by atoms with Crippen LogP contribution < -0.4 is 10.6 Å². The fraction of sp³-hybridized carbons (Fsp3) is 0.400. The Morgan fingerprint density at radius 3 is 2.36 bits per heavy atom. The first-order chi connectivity index (χ1) is 10.6. The molecular weight excluding hydrogens is 268 g/mol. The van der Waals surface area contributed by atoms with Crippen LogP contribution in [0.4, 0.5) is 11.4 Å². The molecular formula is C20H26N2. The molecule has 1 heterocycles. The summed E-state index contributed by atoms with van der Waals surface area (Å²) in [5, 5.41) is 7.47. The molecule has 1 aliphatic rings. The third kappa shape index (κ3) is 2.83. The average molecular weight is 294 g/mol. The molecule has 2 N–H and O–H groups in total. The van der Waals surface area contributed by atoms with E-state index in [4.69, 9.17) is 0 Å². The highest BCUT2D eigenvalue weighted by molar-refractivity contribution is 5.60. The Bertz CT molecular complexity index is 645. The smallest absolute Gasteiger partial charge is 0.0579 e. The molecule has 2 aromatic carbocycles. The second-order valence-electron chi connectivity index (χ2n) is 6.60. The SMILES string of the molecule is CC[C@H]1Nc2ccc(C)cc2[C@@H](Nc2ccc(C)cc2)[C@H]1C. The van der Waals surface area contributed by atoms with Gasteiger partial charge >= 0.3 is 0 Å². The molecule has 0 radical (unpaired) electrons. The van der Waals surface area contributed by atoms with Crippen LogP contribution in [-0.4, -0.2) is 6.04 Å². The maximum absolute atomic E-state index is 3.77. The zero-order valence-electron chi connectivity index (χ0n) is 14.0. The second-order valence-corrected chi connectivity index (χ2v) is 6.60. The summed E-state index contributed by atoms with van der Waals surface area (Å²) in [6, 6.07) is 16.3. The van der Waals surface area contributed by atoms with Crippen molar-refractivity contribution >= 4 is 11.4 Å². The van der Waals surface area contributed by atoms with Gasteiger partial charge in [-0.2, -0.15) is 0 Å². The van der Waals surface area contributed by atoms with E-state index in [2.05, 4.69) is 80.8 Å². The van der Waals surface area contributed by atoms with Gasteiger partial charge in [-0.25, -0.2) is 0 Å². The number of benzene rings is 2. The largest absolute Gasteiger partial charge is 0.382 e. The predicted molar refractivity (Wildman–Crippen MR) is 95.6 cm³/mol. The van der Waals surface area contributed by atoms with Gasteiger partial charge in [-0.15, -0.1) is 0 Å². The lowest BCUT2D eigenvalue weighted by molar-refractivity contribution is 0.400. The van der Waals surface area contributed by atoms with Crippen molar-refractivity contribution in [2.75, 3.05) is 10.6 Å². The Balaban J connectivity index is 1.96. The highest BCUT2D eigenvalue weighted by Crippen LogP contribution is 2.40. The standard InChI is InChI=1S/C20H26N2/c1-5-18-15(4)20(21-16-9-6-13(2)7-10-16)17-12-14(3)8-11-19(17)22-18/h6-12,15,18,20-22H,5H2,1-4H3/t15-,18+,20-/m0/s1. The molecule has 0 saturated heterocycles. The number of fused-ring (bicyclic) bond motifs is 1. The first-order valence-corrected chi connectivity index (χ1v) is 8.28. The molecule has 0 unspecified atom stereocenters. The summed E-state index contributed by atoms with van der Waals surface area (Å²) in [5.41, 5.74) is 6.48. The summed E-state index contributed by atoms with van der Waals surface area (Å²) in [4.78, 5) is 0. The van der Waals surface area contributed by atoms with Crippen molar-refractivity contribution in [3.63, 3.8) is 0 Å². The molecule has 116 valence electrons. The van der Waals surface area contributed by atoms with Gasteiger partial charge in [-0.05, 0) is 44.0 Å². The van der Waals surface area contributed by atoms with Gasteiger partial charge in [0.1, 0.15) is 0 Å². The van der Waals surface area contributed by atoms with Crippen molar-refractivity contribution in [3.05, 3.63) is 59.2 Å². The molecule has 0 fully saturated rings. The molecule has 2 nitrogen and oxygen atoms in total. The minimum Gasteiger partial charge on any atom is -0.382 e. The zero-order chi connectivity index (χ0) is 15.7. The van der Waals surface area contributed by atoms with Crippen LogP contribution in [0.5, 0.6) is 0 Å². The lowest BCUT2D eigenvalue weighted by Crippen LogP contribution is -2.38. The van der Waals surface area contributed by atoms with Gasteiger partial charge in [0, 0.05) is 23.3 Å². The van der Waals surface area contributed by atoms with Gasteiger partial charge in [-0.3, -0.25) is 0 Å². The quantitative estimate of drug-likeness (QED) is 0.803. The first kappa shape index (κ1) is 15.0. The summed E-state index contributed by atoms with van der Waals surface area (Å²) < 4.78 is 0. The summed E-state index contributed by atoms with van der Waals surface area (Å²) in [6.07, 6.45) is 1.14. The van der Waals surface area contributed by atoms with Crippen LogP contribution >= 0.6 is 0 Å². The molecule has 0 bridgehead atoms. The number of hydrogen-bond donors (Lipinski definition) is 2. The van der Waals surface area contributed by atoms with E-state index in [0.29, 0.717) is 18.0 Å². The van der Waals surface area contributed by atoms with E-state index >= 15 is 0 Å². The van der Waals surface area contributed by atoms with Crippen molar-refractivity contribution in [2.45, 2.75) is 46.2 Å². The van der Waals surface area contributed by atoms with Crippen molar-refractivity contribution in [1.29, 1.82) is 0 Å². The fourth-order valence-corrected chi connectivity index (χ4v) is 3.43. The number of hydrogen-bond acceptors (Lipinski definition) is 2. The fourth-order valence-electron chi connectivity index (χ4n) is 3.43. The summed E-state index contributed by atoms with van der Waals surface area (Å²) in [6.45, 7) is 8.90. The van der Waals surface area contributed by atoms with Crippen LogP contribution in [0.25, 0.3) is 0 Å². The van der Waals surface area contributed by atoms with E-state index in [0.717, 1.165) is 6.42 Å². The molecule has 22 heavy (non-hydrogen) atoms. The minimum atomic E-state index is 0.351. The van der Waals surface area contributed by atoms with Crippen molar-refractivity contribution in [1.82, 2.24) is 0 Å². The topological polar surface area (TPSA) is 24.1 Å². The lowest BCUT2D eigenvalue weighted by atomic mass is 9.82. The Kier molecular flexibility index (Phi) is 4.10. The Morgan fingerprint density at radius 2 is 1.68 bits per heavy atom. The van der Waals surface area contributed by atoms with E-state index in [-0.39, 0.29) is 0 Å². The molecule has 0 aliphatic carbocycles. The average Bonchev–Trinajstić information content (AvgIpc) is 2.52. The Hall–Kier alpha value is -1.96. The normalized spacial score (nSPS) is 23.5. The third-order valence-electron chi connectivity index (χ3n) is 4.86. The Morgan fingerprint density at radius 1 is 1.00 bits per heavy atom. The van der Waals surface area contributed by atoms with Crippen LogP contribution in [0.15, 0.2) is 42.5 Å². The number of nitrogens with one attached hydrogen (secondary N) is 2. The monoisotopic (exact) mass is 294 g/mol. The number of anilines is 2. The van der Waals surface area contributed by atoms with Crippen molar-refractivity contribution in [3.8, 4) is 0 Å². The van der Waals surface area contributed by atoms with E-state index < -0.39 is 0 Å². The van der Waals surface area contributed by atoms with E-state index in [9.17, 15) is 0 Å². The highest BCUT2D eigenvalue weighted by Gasteiger charge is 2.32. The molecule has 0 amide bonds. The maximum Gasteiger partial charge on any atom is 0.0579 e. The molecule has 0 spiro atoms. The van der Waals surface area contributed by atoms with Crippen LogP contribution in [0, 0.1) is 19.8 Å². The molecule has 1 aliphatic heterocycles. The first-order valence-electron chi connectivity index (χ1n) is 8.28.